The third kappa shape index (κ3) is 4.01. The maximum atomic E-state index is 14.0. The number of hydrogen-bond donors (Lipinski definition) is 1. The molecule has 6 nitrogen and oxygen atoms in total. The van der Waals surface area contributed by atoms with Crippen molar-refractivity contribution in [3.63, 3.8) is 0 Å². The second-order valence-electron chi connectivity index (χ2n) is 7.10. The number of anilines is 1. The van der Waals surface area contributed by atoms with Crippen molar-refractivity contribution in [2.45, 2.75) is 13.5 Å². The van der Waals surface area contributed by atoms with Crippen LogP contribution in [-0.4, -0.2) is 53.5 Å². The van der Waals surface area contributed by atoms with Crippen molar-refractivity contribution in [2.75, 3.05) is 38.1 Å². The van der Waals surface area contributed by atoms with Crippen molar-refractivity contribution in [1.29, 1.82) is 0 Å². The van der Waals surface area contributed by atoms with Crippen LogP contribution in [0.15, 0.2) is 47.6 Å². The zero-order chi connectivity index (χ0) is 20.4. The van der Waals surface area contributed by atoms with Gasteiger partial charge in [-0.05, 0) is 31.2 Å². The molecule has 0 bridgehead atoms. The van der Waals surface area contributed by atoms with Crippen LogP contribution in [0.3, 0.4) is 0 Å². The summed E-state index contributed by atoms with van der Waals surface area (Å²) >= 11 is 0. The standard InChI is InChI=1S/C21H24F2N6/c1-15-4-3-5-20-26-17(14-29(15)20)13-25-21(24-2)28-10-8-27(9-11-28)19-12-16(22)6-7-18(19)23/h3-7,12,14H,8-11,13H2,1-2H3,(H,24,25). The highest BCUT2D eigenvalue weighted by Gasteiger charge is 2.22. The summed E-state index contributed by atoms with van der Waals surface area (Å²) in [5.41, 5.74) is 3.29. The Morgan fingerprint density at radius 2 is 1.93 bits per heavy atom. The molecule has 0 radical (unpaired) electrons. The lowest BCUT2D eigenvalue weighted by atomic mass is 10.2. The van der Waals surface area contributed by atoms with Gasteiger partial charge in [0.15, 0.2) is 5.96 Å². The van der Waals surface area contributed by atoms with Gasteiger partial charge in [-0.15, -0.1) is 0 Å². The van der Waals surface area contributed by atoms with E-state index in [9.17, 15) is 8.78 Å². The fourth-order valence-corrected chi connectivity index (χ4v) is 3.67. The van der Waals surface area contributed by atoms with Crippen molar-refractivity contribution in [2.24, 2.45) is 4.99 Å². The number of hydrogen-bond acceptors (Lipinski definition) is 3. The lowest BCUT2D eigenvalue weighted by molar-refractivity contribution is 0.370. The molecule has 0 amide bonds. The third-order valence-corrected chi connectivity index (χ3v) is 5.21. The molecule has 1 aliphatic rings. The van der Waals surface area contributed by atoms with Gasteiger partial charge in [0.1, 0.15) is 17.3 Å². The third-order valence-electron chi connectivity index (χ3n) is 5.21. The molecule has 1 aliphatic heterocycles. The van der Waals surface area contributed by atoms with Gasteiger partial charge >= 0.3 is 0 Å². The van der Waals surface area contributed by atoms with E-state index < -0.39 is 11.6 Å². The van der Waals surface area contributed by atoms with Crippen molar-refractivity contribution in [1.82, 2.24) is 19.6 Å². The molecule has 1 fully saturated rings. The fraction of sp³-hybridized carbons (Fsp3) is 0.333. The number of imidazole rings is 1. The van der Waals surface area contributed by atoms with E-state index in [1.54, 1.807) is 7.05 Å². The first kappa shape index (κ1) is 19.2. The van der Waals surface area contributed by atoms with Gasteiger partial charge in [-0.2, -0.15) is 0 Å². The SMILES string of the molecule is CN=C(NCc1cn2c(C)cccc2n1)N1CCN(c2cc(F)ccc2F)CC1. The summed E-state index contributed by atoms with van der Waals surface area (Å²) in [6, 6.07) is 9.59. The van der Waals surface area contributed by atoms with Crippen LogP contribution >= 0.6 is 0 Å². The molecule has 1 N–H and O–H groups in total. The van der Waals surface area contributed by atoms with E-state index in [2.05, 4.69) is 24.6 Å². The van der Waals surface area contributed by atoms with E-state index in [0.29, 0.717) is 38.4 Å². The second kappa shape index (κ2) is 8.06. The Labute approximate surface area is 168 Å². The zero-order valence-corrected chi connectivity index (χ0v) is 16.6. The Morgan fingerprint density at radius 3 is 2.66 bits per heavy atom. The number of aryl methyl sites for hydroxylation is 1. The number of rotatable bonds is 3. The summed E-state index contributed by atoms with van der Waals surface area (Å²) in [5.74, 6) is -0.0494. The molecule has 0 atom stereocenters. The highest BCUT2D eigenvalue weighted by molar-refractivity contribution is 5.80. The summed E-state index contributed by atoms with van der Waals surface area (Å²) in [6.45, 7) is 5.13. The monoisotopic (exact) mass is 398 g/mol. The normalized spacial score (nSPS) is 15.2. The van der Waals surface area contributed by atoms with Crippen LogP contribution in [0.4, 0.5) is 14.5 Å². The van der Waals surface area contributed by atoms with Gasteiger partial charge in [0.05, 0.1) is 17.9 Å². The largest absolute Gasteiger partial charge is 0.366 e. The van der Waals surface area contributed by atoms with Gasteiger partial charge in [-0.1, -0.05) is 6.07 Å². The lowest BCUT2D eigenvalue weighted by Gasteiger charge is -2.37. The first-order chi connectivity index (χ1) is 14.0. The molecular formula is C21H24F2N6. The number of nitrogens with zero attached hydrogens (tertiary/aromatic N) is 5. The number of nitrogens with one attached hydrogen (secondary N) is 1. The van der Waals surface area contributed by atoms with Crippen molar-refractivity contribution >= 4 is 17.3 Å². The van der Waals surface area contributed by atoms with E-state index >= 15 is 0 Å². The van der Waals surface area contributed by atoms with Gasteiger partial charge in [0.2, 0.25) is 0 Å². The number of guanidine groups is 1. The summed E-state index contributed by atoms with van der Waals surface area (Å²) in [5, 5.41) is 3.36. The number of fused-ring (bicyclic) bond motifs is 1. The maximum Gasteiger partial charge on any atom is 0.194 e. The molecule has 8 heteroatoms. The lowest BCUT2D eigenvalue weighted by Crippen LogP contribution is -2.52. The van der Waals surface area contributed by atoms with Crippen LogP contribution in [0.2, 0.25) is 0 Å². The van der Waals surface area contributed by atoms with E-state index in [4.69, 9.17) is 0 Å². The minimum absolute atomic E-state index is 0.313. The molecular weight excluding hydrogens is 374 g/mol. The quantitative estimate of drug-likeness (QED) is 0.545. The molecule has 3 heterocycles. The topological polar surface area (TPSA) is 48.2 Å². The predicted molar refractivity (Wildman–Crippen MR) is 110 cm³/mol. The number of piperazine rings is 1. The number of aliphatic imine (C=N–C) groups is 1. The highest BCUT2D eigenvalue weighted by Crippen LogP contribution is 2.22. The van der Waals surface area contributed by atoms with E-state index in [-0.39, 0.29) is 0 Å². The van der Waals surface area contributed by atoms with Crippen LogP contribution < -0.4 is 10.2 Å². The average Bonchev–Trinajstić information content (AvgIpc) is 3.15. The van der Waals surface area contributed by atoms with Crippen LogP contribution in [-0.2, 0) is 6.54 Å². The summed E-state index contributed by atoms with van der Waals surface area (Å²) in [7, 11) is 1.74. The van der Waals surface area contributed by atoms with Gasteiger partial charge in [-0.3, -0.25) is 4.99 Å². The van der Waals surface area contributed by atoms with E-state index in [1.165, 1.54) is 12.1 Å². The van der Waals surface area contributed by atoms with Crippen LogP contribution in [0, 0.1) is 18.6 Å². The molecule has 0 unspecified atom stereocenters. The Bertz CT molecular complexity index is 1040. The van der Waals surface area contributed by atoms with Gasteiger partial charge < -0.3 is 19.5 Å². The van der Waals surface area contributed by atoms with Gasteiger partial charge in [-0.25, -0.2) is 13.8 Å². The van der Waals surface area contributed by atoms with Crippen LogP contribution in [0.5, 0.6) is 0 Å². The van der Waals surface area contributed by atoms with E-state index in [1.807, 2.05) is 36.2 Å². The number of pyridine rings is 1. The van der Waals surface area contributed by atoms with Crippen molar-refractivity contribution in [3.05, 3.63) is 65.6 Å². The number of halogens is 2. The molecule has 1 saturated heterocycles. The molecule has 0 spiro atoms. The first-order valence-electron chi connectivity index (χ1n) is 9.64. The first-order valence-corrected chi connectivity index (χ1v) is 9.64. The molecule has 1 aromatic carbocycles. The smallest absolute Gasteiger partial charge is 0.194 e. The zero-order valence-electron chi connectivity index (χ0n) is 16.6. The molecule has 152 valence electrons. The maximum absolute atomic E-state index is 14.0. The van der Waals surface area contributed by atoms with Crippen LogP contribution in [0.25, 0.3) is 5.65 Å². The Morgan fingerprint density at radius 1 is 1.14 bits per heavy atom. The van der Waals surface area contributed by atoms with Crippen molar-refractivity contribution < 1.29 is 8.78 Å². The highest BCUT2D eigenvalue weighted by atomic mass is 19.1. The number of benzene rings is 1. The molecule has 0 aliphatic carbocycles. The average molecular weight is 398 g/mol. The molecule has 3 aromatic rings. The summed E-state index contributed by atoms with van der Waals surface area (Å²) < 4.78 is 29.6. The predicted octanol–water partition coefficient (Wildman–Crippen LogP) is 2.82. The molecule has 4 rings (SSSR count). The van der Waals surface area contributed by atoms with Gasteiger partial charge in [0.25, 0.3) is 0 Å². The Hall–Kier alpha value is -3.16. The Balaban J connectivity index is 1.38. The summed E-state index contributed by atoms with van der Waals surface area (Å²) in [6.07, 6.45) is 2.02. The molecule has 2 aromatic heterocycles. The second-order valence-corrected chi connectivity index (χ2v) is 7.10. The summed E-state index contributed by atoms with van der Waals surface area (Å²) in [4.78, 5) is 13.0. The minimum atomic E-state index is -0.427. The molecule has 0 saturated carbocycles. The molecule has 29 heavy (non-hydrogen) atoms. The minimum Gasteiger partial charge on any atom is -0.366 e. The van der Waals surface area contributed by atoms with Crippen LogP contribution in [0.1, 0.15) is 11.4 Å². The van der Waals surface area contributed by atoms with E-state index in [0.717, 1.165) is 29.1 Å². The van der Waals surface area contributed by atoms with Crippen molar-refractivity contribution in [3.8, 4) is 0 Å². The van der Waals surface area contributed by atoms with Gasteiger partial charge in [0, 0.05) is 51.2 Å². The Kier molecular flexibility index (Phi) is 5.33. The number of aromatic nitrogens is 2. The fourth-order valence-electron chi connectivity index (χ4n) is 3.67.